The summed E-state index contributed by atoms with van der Waals surface area (Å²) in [7, 11) is 1.27. The van der Waals surface area contributed by atoms with Crippen molar-refractivity contribution in [2.75, 3.05) is 0 Å². The fourth-order valence-electron chi connectivity index (χ4n) is 1.39. The number of esters is 1. The molecule has 0 unspecified atom stereocenters. The van der Waals surface area contributed by atoms with Crippen molar-refractivity contribution in [1.29, 1.82) is 0 Å². The first-order valence-electron chi connectivity index (χ1n) is 5.03. The monoisotopic (exact) mass is 275 g/mol. The topological polar surface area (TPSA) is 70.2 Å². The summed E-state index contributed by atoms with van der Waals surface area (Å²) in [6.07, 6.45) is -3.81. The number of carbonyl (C=O) groups is 1. The number of rotatable bonds is 2. The van der Waals surface area contributed by atoms with E-state index in [1.165, 1.54) is 13.1 Å². The molecule has 0 aliphatic rings. The molecule has 0 saturated carbocycles. The normalized spacial score (nSPS) is 11.6. The van der Waals surface area contributed by atoms with Gasteiger partial charge in [0, 0.05) is 19.3 Å². The first-order valence-corrected chi connectivity index (χ1v) is 5.03. The lowest BCUT2D eigenvalue weighted by Gasteiger charge is -2.04. The fourth-order valence-corrected chi connectivity index (χ4v) is 1.39. The van der Waals surface area contributed by atoms with E-state index >= 15 is 0 Å². The number of ether oxygens (including phenoxy) is 1. The van der Waals surface area contributed by atoms with E-state index in [2.05, 4.69) is 19.5 Å². The van der Waals surface area contributed by atoms with Crippen LogP contribution in [0.25, 0.3) is 0 Å². The molecule has 0 spiro atoms. The number of aryl methyl sites for hydroxylation is 2. The molecule has 2 aromatic heterocycles. The van der Waals surface area contributed by atoms with E-state index in [4.69, 9.17) is 0 Å². The maximum Gasteiger partial charge on any atom is 0.436 e. The zero-order valence-corrected chi connectivity index (χ0v) is 9.85. The third-order valence-corrected chi connectivity index (χ3v) is 2.12. The van der Waals surface area contributed by atoms with E-state index in [-0.39, 0.29) is 5.88 Å². The van der Waals surface area contributed by atoms with Gasteiger partial charge in [0.15, 0.2) is 5.69 Å². The summed E-state index contributed by atoms with van der Waals surface area (Å²) >= 11 is 0. The van der Waals surface area contributed by atoms with Crippen LogP contribution in [0.1, 0.15) is 21.8 Å². The van der Waals surface area contributed by atoms with Gasteiger partial charge in [0.25, 0.3) is 5.88 Å². The highest BCUT2D eigenvalue weighted by Gasteiger charge is 2.39. The highest BCUT2D eigenvalue weighted by Crippen LogP contribution is 2.31. The first kappa shape index (κ1) is 13.1. The Balaban J connectivity index is 2.29. The minimum atomic E-state index is -4.74. The molecule has 102 valence electrons. The van der Waals surface area contributed by atoms with Gasteiger partial charge in [-0.1, -0.05) is 0 Å². The quantitative estimate of drug-likeness (QED) is 0.783. The summed E-state index contributed by atoms with van der Waals surface area (Å²) in [5.74, 6) is -1.04. The molecular formula is C10H8F3N3O3. The minimum absolute atomic E-state index is 0.209. The molecule has 19 heavy (non-hydrogen) atoms. The van der Waals surface area contributed by atoms with Gasteiger partial charge in [-0.05, 0) is 12.1 Å². The first-order chi connectivity index (χ1) is 8.77. The van der Waals surface area contributed by atoms with E-state index < -0.39 is 23.4 Å². The molecule has 0 aromatic carbocycles. The van der Waals surface area contributed by atoms with Crippen LogP contribution in [0, 0.1) is 6.92 Å². The Morgan fingerprint density at radius 3 is 2.68 bits per heavy atom. The third-order valence-electron chi connectivity index (χ3n) is 2.12. The second-order valence-corrected chi connectivity index (χ2v) is 3.73. The molecule has 6 nitrogen and oxygen atoms in total. The van der Waals surface area contributed by atoms with Gasteiger partial charge in [0.2, 0.25) is 0 Å². The van der Waals surface area contributed by atoms with Gasteiger partial charge in [-0.15, -0.1) is 0 Å². The molecule has 0 N–H and O–H groups in total. The third kappa shape index (κ3) is 2.75. The van der Waals surface area contributed by atoms with Crippen molar-refractivity contribution < 1.29 is 27.2 Å². The Morgan fingerprint density at radius 2 is 2.16 bits per heavy atom. The average Bonchev–Trinajstić information content (AvgIpc) is 2.84. The van der Waals surface area contributed by atoms with Crippen LogP contribution in [0.2, 0.25) is 0 Å². The molecule has 2 aromatic rings. The van der Waals surface area contributed by atoms with E-state index in [9.17, 15) is 18.0 Å². The van der Waals surface area contributed by atoms with Gasteiger partial charge in [0.1, 0.15) is 11.3 Å². The smallest absolute Gasteiger partial charge is 0.400 e. The largest absolute Gasteiger partial charge is 0.436 e. The highest BCUT2D eigenvalue weighted by molar-refractivity contribution is 5.92. The zero-order valence-electron chi connectivity index (χ0n) is 9.85. The van der Waals surface area contributed by atoms with Crippen LogP contribution < -0.4 is 4.74 Å². The number of halogens is 3. The highest BCUT2D eigenvalue weighted by atomic mass is 19.4. The Kier molecular flexibility index (Phi) is 3.05. The number of alkyl halides is 3. The predicted molar refractivity (Wildman–Crippen MR) is 54.4 cm³/mol. The molecule has 0 saturated heterocycles. The van der Waals surface area contributed by atoms with E-state index in [1.54, 1.807) is 6.92 Å². The molecule has 0 fully saturated rings. The lowest BCUT2D eigenvalue weighted by Crippen LogP contribution is -2.16. The molecule has 0 atom stereocenters. The van der Waals surface area contributed by atoms with Gasteiger partial charge in [-0.25, -0.2) is 4.79 Å². The van der Waals surface area contributed by atoms with Crippen LogP contribution in [0.15, 0.2) is 16.8 Å². The van der Waals surface area contributed by atoms with Crippen molar-refractivity contribution in [3.63, 3.8) is 0 Å². The minimum Gasteiger partial charge on any atom is -0.400 e. The molecule has 0 aliphatic heterocycles. The Bertz CT molecular complexity index is 615. The summed E-state index contributed by atoms with van der Waals surface area (Å²) in [6.45, 7) is 1.55. The van der Waals surface area contributed by atoms with Crippen molar-refractivity contribution in [3.05, 3.63) is 29.3 Å². The summed E-state index contributed by atoms with van der Waals surface area (Å²) in [5, 5.41) is 6.55. The van der Waals surface area contributed by atoms with Gasteiger partial charge < -0.3 is 9.26 Å². The average molecular weight is 275 g/mol. The van der Waals surface area contributed by atoms with Crippen LogP contribution in [-0.4, -0.2) is 20.9 Å². The van der Waals surface area contributed by atoms with Gasteiger partial charge >= 0.3 is 12.1 Å². The van der Waals surface area contributed by atoms with Crippen LogP contribution in [-0.2, 0) is 13.2 Å². The molecule has 0 bridgehead atoms. The van der Waals surface area contributed by atoms with Crippen molar-refractivity contribution in [2.45, 2.75) is 13.1 Å². The van der Waals surface area contributed by atoms with E-state index in [0.29, 0.717) is 5.76 Å². The molecule has 0 aliphatic carbocycles. The lowest BCUT2D eigenvalue weighted by atomic mass is 10.2. The Hall–Kier alpha value is -2.32. The molecule has 0 amide bonds. The van der Waals surface area contributed by atoms with Gasteiger partial charge in [-0.2, -0.15) is 18.3 Å². The van der Waals surface area contributed by atoms with Crippen LogP contribution in [0.4, 0.5) is 13.2 Å². The van der Waals surface area contributed by atoms with Crippen LogP contribution in [0.3, 0.4) is 0 Å². The SMILES string of the molecule is Cc1cc(OC(=O)c2cn(C)nc2C(F)(F)F)no1. The van der Waals surface area contributed by atoms with Crippen molar-refractivity contribution in [2.24, 2.45) is 7.05 Å². The standard InChI is InChI=1S/C10H8F3N3O3/c1-5-3-7(15-19-5)18-9(17)6-4-16(2)14-8(6)10(11,12)13/h3-4H,1-2H3. The number of nitrogens with zero attached hydrogens (tertiary/aromatic N) is 3. The Labute approximate surface area is 104 Å². The molecule has 2 rings (SSSR count). The van der Waals surface area contributed by atoms with Gasteiger partial charge in [-0.3, -0.25) is 4.68 Å². The number of hydrogen-bond donors (Lipinski definition) is 0. The summed E-state index contributed by atoms with van der Waals surface area (Å²) in [5.41, 5.74) is -1.99. The second kappa shape index (κ2) is 4.41. The number of carbonyl (C=O) groups excluding carboxylic acids is 1. The molecule has 0 radical (unpaired) electrons. The maximum absolute atomic E-state index is 12.6. The van der Waals surface area contributed by atoms with Crippen molar-refractivity contribution in [1.82, 2.24) is 14.9 Å². The second-order valence-electron chi connectivity index (χ2n) is 3.73. The van der Waals surface area contributed by atoms with E-state index in [0.717, 1.165) is 10.9 Å². The number of hydrogen-bond acceptors (Lipinski definition) is 5. The molecule has 2 heterocycles. The lowest BCUT2D eigenvalue weighted by molar-refractivity contribution is -0.141. The van der Waals surface area contributed by atoms with Crippen molar-refractivity contribution >= 4 is 5.97 Å². The molecule has 9 heteroatoms. The van der Waals surface area contributed by atoms with E-state index in [1.807, 2.05) is 0 Å². The predicted octanol–water partition coefficient (Wildman–Crippen LogP) is 1.95. The van der Waals surface area contributed by atoms with Gasteiger partial charge in [0.05, 0.1) is 0 Å². The summed E-state index contributed by atoms with van der Waals surface area (Å²) in [6, 6.07) is 1.28. The summed E-state index contributed by atoms with van der Waals surface area (Å²) in [4.78, 5) is 11.6. The maximum atomic E-state index is 12.6. The molecular weight excluding hydrogens is 267 g/mol. The zero-order chi connectivity index (χ0) is 14.2. The van der Waals surface area contributed by atoms with Crippen LogP contribution >= 0.6 is 0 Å². The van der Waals surface area contributed by atoms with Crippen molar-refractivity contribution in [3.8, 4) is 5.88 Å². The van der Waals surface area contributed by atoms with Crippen LogP contribution in [0.5, 0.6) is 5.88 Å². The summed E-state index contributed by atoms with van der Waals surface area (Å²) < 4.78 is 48.1. The Morgan fingerprint density at radius 1 is 1.47 bits per heavy atom. The number of aromatic nitrogens is 3. The fraction of sp³-hybridized carbons (Fsp3) is 0.300.